The van der Waals surface area contributed by atoms with Crippen molar-refractivity contribution in [1.82, 2.24) is 15.2 Å². The first kappa shape index (κ1) is 11.7. The van der Waals surface area contributed by atoms with Crippen LogP contribution in [0.25, 0.3) is 10.6 Å². The molecule has 0 spiro atoms. The first-order valence-corrected chi connectivity index (χ1v) is 6.04. The smallest absolute Gasteiger partial charge is 0.228 e. The van der Waals surface area contributed by atoms with Crippen LogP contribution < -0.4 is 4.90 Å². The van der Waals surface area contributed by atoms with Crippen molar-refractivity contribution in [3.8, 4) is 10.6 Å². The lowest BCUT2D eigenvalue weighted by Gasteiger charge is -2.10. The molecule has 6 heteroatoms. The summed E-state index contributed by atoms with van der Waals surface area (Å²) in [7, 11) is 1.71. The van der Waals surface area contributed by atoms with Crippen molar-refractivity contribution < 1.29 is 4.79 Å². The van der Waals surface area contributed by atoms with Crippen LogP contribution in [-0.4, -0.2) is 28.1 Å². The maximum atomic E-state index is 11.5. The molecule has 0 fully saturated rings. The standard InChI is InChI=1S/C11H12N4OS/c1-3-9(16)15(2)11-14-13-10(17-11)8-5-4-6-12-7-8/h4-7H,3H2,1-2H3. The highest BCUT2D eigenvalue weighted by atomic mass is 32.1. The van der Waals surface area contributed by atoms with Crippen LogP contribution in [0, 0.1) is 0 Å². The van der Waals surface area contributed by atoms with Gasteiger partial charge >= 0.3 is 0 Å². The topological polar surface area (TPSA) is 59.0 Å². The molecule has 0 aliphatic heterocycles. The summed E-state index contributed by atoms with van der Waals surface area (Å²) in [6, 6.07) is 3.76. The number of carbonyl (C=O) groups excluding carboxylic acids is 1. The molecule has 0 unspecified atom stereocenters. The zero-order chi connectivity index (χ0) is 12.3. The average molecular weight is 248 g/mol. The lowest BCUT2D eigenvalue weighted by molar-refractivity contribution is -0.118. The van der Waals surface area contributed by atoms with E-state index in [1.807, 2.05) is 19.1 Å². The highest BCUT2D eigenvalue weighted by Crippen LogP contribution is 2.27. The van der Waals surface area contributed by atoms with Gasteiger partial charge in [-0.2, -0.15) is 0 Å². The van der Waals surface area contributed by atoms with Gasteiger partial charge in [-0.1, -0.05) is 18.3 Å². The van der Waals surface area contributed by atoms with Crippen molar-refractivity contribution in [2.45, 2.75) is 13.3 Å². The number of amides is 1. The van der Waals surface area contributed by atoms with Crippen LogP contribution in [-0.2, 0) is 4.79 Å². The van der Waals surface area contributed by atoms with Gasteiger partial charge in [0.15, 0.2) is 5.01 Å². The normalized spacial score (nSPS) is 10.2. The molecule has 0 aromatic carbocycles. The van der Waals surface area contributed by atoms with Crippen LogP contribution >= 0.6 is 11.3 Å². The molecule has 1 amide bonds. The van der Waals surface area contributed by atoms with E-state index < -0.39 is 0 Å². The Labute approximate surface area is 103 Å². The molecular weight excluding hydrogens is 236 g/mol. The Kier molecular flexibility index (Phi) is 3.43. The Morgan fingerprint density at radius 2 is 2.29 bits per heavy atom. The Hall–Kier alpha value is -1.82. The molecule has 2 heterocycles. The molecule has 0 atom stereocenters. The molecule has 2 rings (SSSR count). The first-order chi connectivity index (χ1) is 8.22. The molecule has 5 nitrogen and oxygen atoms in total. The molecule has 88 valence electrons. The summed E-state index contributed by atoms with van der Waals surface area (Å²) in [5, 5.41) is 9.44. The zero-order valence-electron chi connectivity index (χ0n) is 9.62. The molecule has 0 bridgehead atoms. The second kappa shape index (κ2) is 5.01. The number of pyridine rings is 1. The van der Waals surface area contributed by atoms with Crippen LogP contribution in [0.2, 0.25) is 0 Å². The van der Waals surface area contributed by atoms with Gasteiger partial charge in [0.1, 0.15) is 0 Å². The molecule has 0 N–H and O–H groups in total. The Morgan fingerprint density at radius 3 is 2.94 bits per heavy atom. The van der Waals surface area contributed by atoms with E-state index in [2.05, 4.69) is 15.2 Å². The summed E-state index contributed by atoms with van der Waals surface area (Å²) in [6.45, 7) is 1.82. The third kappa shape index (κ3) is 2.47. The number of anilines is 1. The van der Waals surface area contributed by atoms with Crippen molar-refractivity contribution in [3.05, 3.63) is 24.5 Å². The molecule has 17 heavy (non-hydrogen) atoms. The summed E-state index contributed by atoms with van der Waals surface area (Å²) >= 11 is 1.38. The molecule has 2 aromatic rings. The van der Waals surface area contributed by atoms with Crippen LogP contribution in [0.4, 0.5) is 5.13 Å². The zero-order valence-corrected chi connectivity index (χ0v) is 10.4. The number of nitrogens with zero attached hydrogens (tertiary/aromatic N) is 4. The van der Waals surface area contributed by atoms with E-state index >= 15 is 0 Å². The van der Waals surface area contributed by atoms with Gasteiger partial charge in [-0.3, -0.25) is 14.7 Å². The Morgan fingerprint density at radius 1 is 1.47 bits per heavy atom. The predicted octanol–water partition coefficient (Wildman–Crippen LogP) is 1.97. The maximum Gasteiger partial charge on any atom is 0.228 e. The average Bonchev–Trinajstić information content (AvgIpc) is 2.87. The van der Waals surface area contributed by atoms with E-state index in [1.54, 1.807) is 19.4 Å². The van der Waals surface area contributed by atoms with E-state index in [1.165, 1.54) is 16.2 Å². The van der Waals surface area contributed by atoms with Crippen molar-refractivity contribution in [2.24, 2.45) is 0 Å². The van der Waals surface area contributed by atoms with E-state index in [9.17, 15) is 4.79 Å². The predicted molar refractivity (Wildman–Crippen MR) is 66.8 cm³/mol. The first-order valence-electron chi connectivity index (χ1n) is 5.23. The van der Waals surface area contributed by atoms with Gasteiger partial charge in [0.25, 0.3) is 0 Å². The Balaban J connectivity index is 2.25. The van der Waals surface area contributed by atoms with Crippen molar-refractivity contribution in [1.29, 1.82) is 0 Å². The summed E-state index contributed by atoms with van der Waals surface area (Å²) in [5.41, 5.74) is 0.911. The largest absolute Gasteiger partial charge is 0.290 e. The summed E-state index contributed by atoms with van der Waals surface area (Å²) in [6.07, 6.45) is 3.89. The molecule has 0 aliphatic carbocycles. The number of rotatable bonds is 3. The van der Waals surface area contributed by atoms with Gasteiger partial charge < -0.3 is 0 Å². The fourth-order valence-electron chi connectivity index (χ4n) is 1.30. The fraction of sp³-hybridized carbons (Fsp3) is 0.273. The quantitative estimate of drug-likeness (QED) is 0.833. The summed E-state index contributed by atoms with van der Waals surface area (Å²) < 4.78 is 0. The number of carbonyl (C=O) groups is 1. The fourth-order valence-corrected chi connectivity index (χ4v) is 2.11. The van der Waals surface area contributed by atoms with E-state index in [0.717, 1.165) is 10.6 Å². The van der Waals surface area contributed by atoms with Crippen LogP contribution in [0.1, 0.15) is 13.3 Å². The SMILES string of the molecule is CCC(=O)N(C)c1nnc(-c2cccnc2)s1. The van der Waals surface area contributed by atoms with Crippen LogP contribution in [0.15, 0.2) is 24.5 Å². The maximum absolute atomic E-state index is 11.5. The van der Waals surface area contributed by atoms with E-state index in [0.29, 0.717) is 11.6 Å². The van der Waals surface area contributed by atoms with Crippen LogP contribution in [0.5, 0.6) is 0 Å². The third-order valence-electron chi connectivity index (χ3n) is 2.29. The van der Waals surface area contributed by atoms with Crippen molar-refractivity contribution >= 4 is 22.4 Å². The van der Waals surface area contributed by atoms with Gasteiger partial charge in [0.05, 0.1) is 0 Å². The number of hydrogen-bond donors (Lipinski definition) is 0. The molecule has 0 saturated heterocycles. The number of aromatic nitrogens is 3. The molecule has 0 aliphatic rings. The summed E-state index contributed by atoms with van der Waals surface area (Å²) in [4.78, 5) is 17.1. The minimum Gasteiger partial charge on any atom is -0.290 e. The lowest BCUT2D eigenvalue weighted by Crippen LogP contribution is -2.24. The second-order valence-corrected chi connectivity index (χ2v) is 4.39. The monoisotopic (exact) mass is 248 g/mol. The molecule has 2 aromatic heterocycles. The van der Waals surface area contributed by atoms with Gasteiger partial charge in [0, 0.05) is 31.4 Å². The van der Waals surface area contributed by atoms with Gasteiger partial charge in [0.2, 0.25) is 11.0 Å². The van der Waals surface area contributed by atoms with Gasteiger partial charge in [-0.25, -0.2) is 0 Å². The lowest BCUT2D eigenvalue weighted by atomic mass is 10.3. The van der Waals surface area contributed by atoms with E-state index in [4.69, 9.17) is 0 Å². The summed E-state index contributed by atoms with van der Waals surface area (Å²) in [5.74, 6) is 0.0267. The molecule has 0 radical (unpaired) electrons. The minimum absolute atomic E-state index is 0.0267. The third-order valence-corrected chi connectivity index (χ3v) is 3.34. The number of hydrogen-bond acceptors (Lipinski definition) is 5. The Bertz CT molecular complexity index is 511. The van der Waals surface area contributed by atoms with Crippen molar-refractivity contribution in [3.63, 3.8) is 0 Å². The molecular formula is C11H12N4OS. The molecule has 0 saturated carbocycles. The van der Waals surface area contributed by atoms with E-state index in [-0.39, 0.29) is 5.91 Å². The highest BCUT2D eigenvalue weighted by Gasteiger charge is 2.14. The van der Waals surface area contributed by atoms with Crippen LogP contribution in [0.3, 0.4) is 0 Å². The minimum atomic E-state index is 0.0267. The highest BCUT2D eigenvalue weighted by molar-refractivity contribution is 7.18. The second-order valence-electron chi connectivity index (χ2n) is 3.44. The van der Waals surface area contributed by atoms with Gasteiger partial charge in [-0.05, 0) is 12.1 Å². The van der Waals surface area contributed by atoms with Gasteiger partial charge in [-0.15, -0.1) is 10.2 Å². The van der Waals surface area contributed by atoms with Crippen molar-refractivity contribution in [2.75, 3.05) is 11.9 Å².